The first-order valence-corrected chi connectivity index (χ1v) is 6.64. The molecule has 4 heteroatoms. The average Bonchev–Trinajstić information content (AvgIpc) is 2.75. The monoisotopic (exact) mass is 259 g/mol. The molecule has 0 bridgehead atoms. The van der Waals surface area contributed by atoms with Gasteiger partial charge < -0.3 is 5.32 Å². The number of thiazole rings is 1. The lowest BCUT2D eigenvalue weighted by molar-refractivity contribution is -0.114. The van der Waals surface area contributed by atoms with E-state index in [9.17, 15) is 4.79 Å². The van der Waals surface area contributed by atoms with Crippen molar-refractivity contribution in [2.45, 2.75) is 19.8 Å². The van der Waals surface area contributed by atoms with Crippen molar-refractivity contribution in [2.24, 2.45) is 0 Å². The van der Waals surface area contributed by atoms with Crippen LogP contribution in [0.3, 0.4) is 0 Å². The minimum Gasteiger partial charge on any atom is -0.302 e. The van der Waals surface area contributed by atoms with Crippen molar-refractivity contribution in [2.75, 3.05) is 5.32 Å². The quantitative estimate of drug-likeness (QED) is 0.917. The second-order valence-electron chi connectivity index (χ2n) is 4.14. The molecule has 1 aromatic heterocycles. The molecule has 1 heterocycles. The Morgan fingerprint density at radius 1 is 1.33 bits per heavy atom. The summed E-state index contributed by atoms with van der Waals surface area (Å²) in [5.41, 5.74) is 3.32. The highest BCUT2D eigenvalue weighted by atomic mass is 32.1. The fourth-order valence-corrected chi connectivity index (χ4v) is 2.40. The molecule has 18 heavy (non-hydrogen) atoms. The molecule has 1 N–H and O–H groups in total. The van der Waals surface area contributed by atoms with Crippen LogP contribution in [0.5, 0.6) is 0 Å². The number of nitrogens with one attached hydrogen (secondary N) is 1. The Morgan fingerprint density at radius 2 is 2.06 bits per heavy atom. The molecular formula is C14H15N2OS. The van der Waals surface area contributed by atoms with E-state index in [1.54, 1.807) is 0 Å². The van der Waals surface area contributed by atoms with Gasteiger partial charge in [-0.05, 0) is 30.9 Å². The molecule has 0 fully saturated rings. The molecule has 93 valence electrons. The van der Waals surface area contributed by atoms with Crippen molar-refractivity contribution in [1.29, 1.82) is 0 Å². The van der Waals surface area contributed by atoms with Gasteiger partial charge in [0, 0.05) is 12.3 Å². The van der Waals surface area contributed by atoms with Crippen LogP contribution in [0.1, 0.15) is 23.7 Å². The fourth-order valence-electron chi connectivity index (χ4n) is 1.61. The first-order chi connectivity index (χ1) is 8.63. The molecule has 0 aliphatic heterocycles. The van der Waals surface area contributed by atoms with Crippen LogP contribution in [0, 0.1) is 6.92 Å². The summed E-state index contributed by atoms with van der Waals surface area (Å²) in [5, 5.41) is 5.35. The van der Waals surface area contributed by atoms with Gasteiger partial charge in [0.2, 0.25) is 5.91 Å². The Labute approximate surface area is 111 Å². The zero-order chi connectivity index (χ0) is 13.0. The number of amides is 1. The van der Waals surface area contributed by atoms with Gasteiger partial charge in [0.15, 0.2) is 5.13 Å². The Balaban J connectivity index is 1.92. The average molecular weight is 259 g/mol. The molecule has 1 radical (unpaired) electrons. The number of anilines is 1. The minimum atomic E-state index is -0.0815. The van der Waals surface area contributed by atoms with E-state index in [-0.39, 0.29) is 5.91 Å². The predicted octanol–water partition coefficient (Wildman–Crippen LogP) is 3.07. The summed E-state index contributed by atoms with van der Waals surface area (Å²) < 4.78 is 0. The largest absolute Gasteiger partial charge is 0.302 e. The molecule has 2 rings (SSSR count). The Kier molecular flexibility index (Phi) is 4.10. The maximum atomic E-state index is 10.9. The summed E-state index contributed by atoms with van der Waals surface area (Å²) in [6.07, 6.45) is 1.83. The molecule has 0 atom stereocenters. The van der Waals surface area contributed by atoms with Gasteiger partial charge in [0.25, 0.3) is 0 Å². The normalized spacial score (nSPS) is 10.3. The highest BCUT2D eigenvalue weighted by Crippen LogP contribution is 2.17. The van der Waals surface area contributed by atoms with Crippen LogP contribution in [0.15, 0.2) is 29.6 Å². The van der Waals surface area contributed by atoms with E-state index < -0.39 is 0 Å². The van der Waals surface area contributed by atoms with E-state index in [0.29, 0.717) is 5.13 Å². The lowest BCUT2D eigenvalue weighted by Gasteiger charge is -2.00. The van der Waals surface area contributed by atoms with Crippen LogP contribution < -0.4 is 5.32 Å². The number of hydrogen-bond donors (Lipinski definition) is 1. The molecule has 1 amide bonds. The number of aromatic nitrogens is 1. The molecule has 3 nitrogen and oxygen atoms in total. The van der Waals surface area contributed by atoms with Crippen LogP contribution in [0.2, 0.25) is 0 Å². The lowest BCUT2D eigenvalue weighted by Crippen LogP contribution is -2.05. The minimum absolute atomic E-state index is 0.0815. The Bertz CT molecular complexity index is 531. The standard InChI is InChI=1S/C14H15N2OS/c1-10-3-5-12(6-4-10)7-8-13-9-18-14(16-13)15-11(2)17/h3-6,9H,1,7-8H2,2H3,(H,15,16,17). The second kappa shape index (κ2) is 5.78. The summed E-state index contributed by atoms with van der Waals surface area (Å²) in [4.78, 5) is 15.2. The van der Waals surface area contributed by atoms with Crippen molar-refractivity contribution in [3.63, 3.8) is 0 Å². The van der Waals surface area contributed by atoms with Gasteiger partial charge in [-0.2, -0.15) is 0 Å². The van der Waals surface area contributed by atoms with E-state index in [0.717, 1.165) is 24.1 Å². The number of aryl methyl sites for hydroxylation is 2. The highest BCUT2D eigenvalue weighted by Gasteiger charge is 2.03. The molecular weight excluding hydrogens is 244 g/mol. The molecule has 0 aliphatic rings. The third-order valence-electron chi connectivity index (χ3n) is 2.53. The van der Waals surface area contributed by atoms with Gasteiger partial charge in [0.05, 0.1) is 5.69 Å². The van der Waals surface area contributed by atoms with Gasteiger partial charge in [0.1, 0.15) is 0 Å². The second-order valence-corrected chi connectivity index (χ2v) is 5.00. The lowest BCUT2D eigenvalue weighted by atomic mass is 10.1. The van der Waals surface area contributed by atoms with Gasteiger partial charge in [-0.25, -0.2) is 4.98 Å². The Hall–Kier alpha value is -1.68. The molecule has 2 aromatic rings. The number of hydrogen-bond acceptors (Lipinski definition) is 3. The number of carbonyl (C=O) groups is 1. The maximum Gasteiger partial charge on any atom is 0.223 e. The van der Waals surface area contributed by atoms with E-state index in [1.165, 1.54) is 23.8 Å². The SMILES string of the molecule is [CH2]c1ccc(CCc2csc(NC(C)=O)n2)cc1. The van der Waals surface area contributed by atoms with E-state index in [1.807, 2.05) is 17.5 Å². The van der Waals surface area contributed by atoms with E-state index in [2.05, 4.69) is 29.4 Å². The van der Waals surface area contributed by atoms with Crippen molar-refractivity contribution in [3.05, 3.63) is 53.4 Å². The number of carbonyl (C=O) groups excluding carboxylic acids is 1. The van der Waals surface area contributed by atoms with Crippen LogP contribution in [0.4, 0.5) is 5.13 Å². The number of rotatable bonds is 4. The zero-order valence-corrected chi connectivity index (χ0v) is 11.1. The van der Waals surface area contributed by atoms with Crippen molar-refractivity contribution in [3.8, 4) is 0 Å². The molecule has 0 saturated carbocycles. The summed E-state index contributed by atoms with van der Waals surface area (Å²) in [6, 6.07) is 8.20. The molecule has 0 spiro atoms. The van der Waals surface area contributed by atoms with Gasteiger partial charge in [-0.3, -0.25) is 4.79 Å². The third kappa shape index (κ3) is 3.67. The number of benzene rings is 1. The maximum absolute atomic E-state index is 10.9. The number of nitrogens with zero attached hydrogens (tertiary/aromatic N) is 1. The van der Waals surface area contributed by atoms with Crippen molar-refractivity contribution in [1.82, 2.24) is 4.98 Å². The van der Waals surface area contributed by atoms with Crippen LogP contribution in [-0.4, -0.2) is 10.9 Å². The van der Waals surface area contributed by atoms with E-state index >= 15 is 0 Å². The van der Waals surface area contributed by atoms with E-state index in [4.69, 9.17) is 0 Å². The molecule has 0 saturated heterocycles. The Morgan fingerprint density at radius 3 is 2.72 bits per heavy atom. The molecule has 1 aromatic carbocycles. The predicted molar refractivity (Wildman–Crippen MR) is 74.7 cm³/mol. The van der Waals surface area contributed by atoms with Gasteiger partial charge >= 0.3 is 0 Å². The summed E-state index contributed by atoms with van der Waals surface area (Å²) >= 11 is 1.46. The fraction of sp³-hybridized carbons (Fsp3) is 0.214. The molecule has 0 unspecified atom stereocenters. The topological polar surface area (TPSA) is 42.0 Å². The third-order valence-corrected chi connectivity index (χ3v) is 3.33. The summed E-state index contributed by atoms with van der Waals surface area (Å²) in [6.45, 7) is 5.35. The van der Waals surface area contributed by atoms with Gasteiger partial charge in [-0.1, -0.05) is 24.3 Å². The van der Waals surface area contributed by atoms with Crippen LogP contribution in [0.25, 0.3) is 0 Å². The highest BCUT2D eigenvalue weighted by molar-refractivity contribution is 7.13. The summed E-state index contributed by atoms with van der Waals surface area (Å²) in [7, 11) is 0. The van der Waals surface area contributed by atoms with Crippen molar-refractivity contribution < 1.29 is 4.79 Å². The summed E-state index contributed by atoms with van der Waals surface area (Å²) in [5.74, 6) is -0.0815. The van der Waals surface area contributed by atoms with Crippen LogP contribution >= 0.6 is 11.3 Å². The first-order valence-electron chi connectivity index (χ1n) is 5.76. The smallest absolute Gasteiger partial charge is 0.223 e. The first kappa shape index (κ1) is 12.8. The zero-order valence-electron chi connectivity index (χ0n) is 10.3. The van der Waals surface area contributed by atoms with Crippen LogP contribution in [-0.2, 0) is 17.6 Å². The van der Waals surface area contributed by atoms with Gasteiger partial charge in [-0.15, -0.1) is 11.3 Å². The van der Waals surface area contributed by atoms with Crippen molar-refractivity contribution >= 4 is 22.4 Å². The molecule has 0 aliphatic carbocycles.